The number of fused-ring (bicyclic) bond motifs is 2. The third kappa shape index (κ3) is 3.65. The summed E-state index contributed by atoms with van der Waals surface area (Å²) in [4.78, 5) is 27.0. The molecule has 1 aliphatic rings. The van der Waals surface area contributed by atoms with Crippen LogP contribution in [0.15, 0.2) is 72.8 Å². The second-order valence-corrected chi connectivity index (χ2v) is 8.92. The number of likely N-dealkylation sites (tertiary alicyclic amines) is 1. The number of carbonyl (C=O) groups excluding carboxylic acids is 1. The molecule has 1 fully saturated rings. The van der Waals surface area contributed by atoms with Crippen molar-refractivity contribution >= 4 is 27.8 Å². The Kier molecular flexibility index (Phi) is 5.13. The average Bonchev–Trinajstić information content (AvgIpc) is 3.59. The molecule has 6 heteroatoms. The van der Waals surface area contributed by atoms with E-state index in [0.717, 1.165) is 64.0 Å². The third-order valence-corrected chi connectivity index (χ3v) is 6.83. The Bertz CT molecular complexity index is 1450. The van der Waals surface area contributed by atoms with E-state index in [1.54, 1.807) is 12.1 Å². The molecule has 6 rings (SSSR count). The van der Waals surface area contributed by atoms with Crippen LogP contribution in [0.1, 0.15) is 36.7 Å². The molecule has 2 N–H and O–H groups in total. The van der Waals surface area contributed by atoms with Crippen LogP contribution >= 0.6 is 0 Å². The summed E-state index contributed by atoms with van der Waals surface area (Å²) in [6.45, 7) is 0.749. The van der Waals surface area contributed by atoms with E-state index < -0.39 is 0 Å². The molecule has 0 radical (unpaired) electrons. The van der Waals surface area contributed by atoms with Gasteiger partial charge in [0.15, 0.2) is 0 Å². The molecule has 1 atom stereocenters. The van der Waals surface area contributed by atoms with Crippen molar-refractivity contribution in [3.8, 4) is 11.3 Å². The first kappa shape index (κ1) is 20.7. The molecular weight excluding hydrogens is 427 g/mol. The van der Waals surface area contributed by atoms with Crippen molar-refractivity contribution in [3.05, 3.63) is 90.0 Å². The highest BCUT2D eigenvalue weighted by Crippen LogP contribution is 2.34. The lowest BCUT2D eigenvalue weighted by molar-refractivity contribution is -0.132. The number of hydrogen-bond donors (Lipinski definition) is 2. The van der Waals surface area contributed by atoms with E-state index in [9.17, 15) is 9.18 Å². The zero-order chi connectivity index (χ0) is 23.1. The number of H-pyrrole nitrogens is 2. The predicted octanol–water partition coefficient (Wildman–Crippen LogP) is 6.15. The lowest BCUT2D eigenvalue weighted by Crippen LogP contribution is -2.31. The zero-order valence-electron chi connectivity index (χ0n) is 18.7. The van der Waals surface area contributed by atoms with Gasteiger partial charge in [-0.3, -0.25) is 4.79 Å². The van der Waals surface area contributed by atoms with Crippen LogP contribution in [0.25, 0.3) is 33.2 Å². The summed E-state index contributed by atoms with van der Waals surface area (Å²) >= 11 is 0. The molecule has 0 aliphatic carbocycles. The Hall–Kier alpha value is -3.93. The molecule has 1 amide bonds. The SMILES string of the molecule is O=C(CCc1c(-c2ccc(F)cc2)[nH]c2ccccc12)N1CCCC1c1nc2ccccc2[nH]1. The molecule has 0 spiro atoms. The van der Waals surface area contributed by atoms with Gasteiger partial charge in [-0.05, 0) is 72.9 Å². The molecule has 0 bridgehead atoms. The summed E-state index contributed by atoms with van der Waals surface area (Å²) in [5.74, 6) is 0.742. The van der Waals surface area contributed by atoms with E-state index in [4.69, 9.17) is 4.98 Å². The molecule has 1 saturated heterocycles. The number of nitrogens with zero attached hydrogens (tertiary/aromatic N) is 2. The van der Waals surface area contributed by atoms with Crippen molar-refractivity contribution in [2.24, 2.45) is 0 Å². The minimum atomic E-state index is -0.262. The number of rotatable bonds is 5. The first-order valence-corrected chi connectivity index (χ1v) is 11.8. The van der Waals surface area contributed by atoms with Crippen LogP contribution in [-0.2, 0) is 11.2 Å². The summed E-state index contributed by atoms with van der Waals surface area (Å²) in [5.41, 5.74) is 5.91. The topological polar surface area (TPSA) is 64.8 Å². The lowest BCUT2D eigenvalue weighted by Gasteiger charge is -2.23. The van der Waals surface area contributed by atoms with Crippen LogP contribution in [0.3, 0.4) is 0 Å². The Morgan fingerprint density at radius 1 is 0.971 bits per heavy atom. The van der Waals surface area contributed by atoms with Gasteiger partial charge < -0.3 is 14.9 Å². The molecule has 5 nitrogen and oxygen atoms in total. The van der Waals surface area contributed by atoms with Gasteiger partial charge in [-0.2, -0.15) is 0 Å². The Labute approximate surface area is 196 Å². The standard InChI is InChI=1S/C28H25FN4O/c29-19-13-11-18(12-14-19)27-21(20-6-1-2-7-22(20)30-27)15-16-26(34)33-17-5-10-25(33)28-31-23-8-3-4-9-24(23)32-28/h1-4,6-9,11-14,25,30H,5,10,15-17H2,(H,31,32). The molecule has 3 aromatic carbocycles. The number of hydrogen-bond acceptors (Lipinski definition) is 2. The largest absolute Gasteiger partial charge is 0.354 e. The highest BCUT2D eigenvalue weighted by Gasteiger charge is 2.32. The number of aromatic amines is 2. The smallest absolute Gasteiger partial charge is 0.223 e. The van der Waals surface area contributed by atoms with Crippen LogP contribution in [0.2, 0.25) is 0 Å². The summed E-state index contributed by atoms with van der Waals surface area (Å²) in [5, 5.41) is 1.10. The summed E-state index contributed by atoms with van der Waals surface area (Å²) in [6, 6.07) is 22.6. The molecule has 5 aromatic rings. The van der Waals surface area contributed by atoms with Gasteiger partial charge in [0.1, 0.15) is 11.6 Å². The molecule has 34 heavy (non-hydrogen) atoms. The molecule has 1 aliphatic heterocycles. The Morgan fingerprint density at radius 3 is 2.56 bits per heavy atom. The van der Waals surface area contributed by atoms with E-state index in [1.807, 2.05) is 47.4 Å². The second-order valence-electron chi connectivity index (χ2n) is 8.92. The summed E-state index contributed by atoms with van der Waals surface area (Å²) in [7, 11) is 0. The van der Waals surface area contributed by atoms with Gasteiger partial charge in [0.05, 0.1) is 17.1 Å². The highest BCUT2D eigenvalue weighted by molar-refractivity contribution is 5.91. The maximum atomic E-state index is 13.5. The monoisotopic (exact) mass is 452 g/mol. The molecule has 0 saturated carbocycles. The van der Waals surface area contributed by atoms with Gasteiger partial charge in [-0.15, -0.1) is 0 Å². The number of amides is 1. The van der Waals surface area contributed by atoms with Crippen LogP contribution in [0, 0.1) is 5.82 Å². The molecular formula is C28H25FN4O. The predicted molar refractivity (Wildman–Crippen MR) is 132 cm³/mol. The van der Waals surface area contributed by atoms with E-state index in [0.29, 0.717) is 12.8 Å². The number of aryl methyl sites for hydroxylation is 1. The summed E-state index contributed by atoms with van der Waals surface area (Å²) < 4.78 is 13.5. The van der Waals surface area contributed by atoms with Crippen molar-refractivity contribution in [2.75, 3.05) is 6.54 Å². The van der Waals surface area contributed by atoms with Crippen molar-refractivity contribution < 1.29 is 9.18 Å². The fraction of sp³-hybridized carbons (Fsp3) is 0.214. The van der Waals surface area contributed by atoms with E-state index in [1.165, 1.54) is 12.1 Å². The third-order valence-electron chi connectivity index (χ3n) is 6.83. The van der Waals surface area contributed by atoms with E-state index in [2.05, 4.69) is 16.0 Å². The Balaban J connectivity index is 1.26. The first-order chi connectivity index (χ1) is 16.7. The van der Waals surface area contributed by atoms with Gasteiger partial charge in [-0.25, -0.2) is 9.37 Å². The number of aromatic nitrogens is 3. The fourth-order valence-electron chi connectivity index (χ4n) is 5.18. The molecule has 1 unspecified atom stereocenters. The van der Waals surface area contributed by atoms with Gasteiger partial charge in [0.25, 0.3) is 0 Å². The lowest BCUT2D eigenvalue weighted by atomic mass is 10.0. The van der Waals surface area contributed by atoms with Gasteiger partial charge >= 0.3 is 0 Å². The van der Waals surface area contributed by atoms with Crippen molar-refractivity contribution in [1.82, 2.24) is 19.9 Å². The van der Waals surface area contributed by atoms with E-state index in [-0.39, 0.29) is 17.8 Å². The van der Waals surface area contributed by atoms with Crippen molar-refractivity contribution in [3.63, 3.8) is 0 Å². The van der Waals surface area contributed by atoms with Crippen molar-refractivity contribution in [1.29, 1.82) is 0 Å². The maximum Gasteiger partial charge on any atom is 0.223 e. The number of imidazole rings is 1. The molecule has 170 valence electrons. The zero-order valence-corrected chi connectivity index (χ0v) is 18.7. The minimum absolute atomic E-state index is 0.0144. The fourth-order valence-corrected chi connectivity index (χ4v) is 5.18. The van der Waals surface area contributed by atoms with Gasteiger partial charge in [0.2, 0.25) is 5.91 Å². The number of halogens is 1. The molecule has 3 heterocycles. The van der Waals surface area contributed by atoms with Gasteiger partial charge in [-0.1, -0.05) is 30.3 Å². The number of nitrogens with one attached hydrogen (secondary N) is 2. The van der Waals surface area contributed by atoms with Crippen LogP contribution in [0.4, 0.5) is 4.39 Å². The van der Waals surface area contributed by atoms with Crippen LogP contribution in [0.5, 0.6) is 0 Å². The normalized spacial score (nSPS) is 16.0. The van der Waals surface area contributed by atoms with E-state index >= 15 is 0 Å². The first-order valence-electron chi connectivity index (χ1n) is 11.8. The molecule has 2 aromatic heterocycles. The second kappa shape index (κ2) is 8.45. The Morgan fingerprint density at radius 2 is 1.74 bits per heavy atom. The number of para-hydroxylation sites is 3. The minimum Gasteiger partial charge on any atom is -0.354 e. The average molecular weight is 453 g/mol. The summed E-state index contributed by atoms with van der Waals surface area (Å²) in [6.07, 6.45) is 2.91. The number of benzene rings is 3. The maximum absolute atomic E-state index is 13.5. The van der Waals surface area contributed by atoms with Gasteiger partial charge in [0, 0.05) is 29.6 Å². The quantitative estimate of drug-likeness (QED) is 0.336. The van der Waals surface area contributed by atoms with Crippen LogP contribution in [-0.4, -0.2) is 32.3 Å². The highest BCUT2D eigenvalue weighted by atomic mass is 19.1. The van der Waals surface area contributed by atoms with Crippen LogP contribution < -0.4 is 0 Å². The van der Waals surface area contributed by atoms with Crippen molar-refractivity contribution in [2.45, 2.75) is 31.7 Å². The number of carbonyl (C=O) groups is 1.